The fraction of sp³-hybridized carbons (Fsp3) is 0.462. The second-order valence-corrected chi connectivity index (χ2v) is 7.61. The Balaban J connectivity index is 0.00000242. The average molecular weight is 366 g/mol. The van der Waals surface area contributed by atoms with Crippen molar-refractivity contribution in [2.24, 2.45) is 5.14 Å². The maximum Gasteiger partial charge on any atom is 0.238 e. The van der Waals surface area contributed by atoms with E-state index in [1.807, 2.05) is 11.8 Å². The van der Waals surface area contributed by atoms with Gasteiger partial charge in [0.15, 0.2) is 0 Å². The van der Waals surface area contributed by atoms with Gasteiger partial charge in [-0.05, 0) is 17.7 Å². The van der Waals surface area contributed by atoms with Gasteiger partial charge < -0.3 is 10.6 Å². The maximum absolute atomic E-state index is 11.9. The molecule has 22 heavy (non-hydrogen) atoms. The maximum atomic E-state index is 11.9. The standard InChI is InChI=1S/C13H19N3O3S2.ClH/c14-21(18,19)12-3-1-2-10(6-12)8-16-13(17)7-11-9-20-5-4-15-11;/h1-3,6,11,15H,4-5,7-9H2,(H,16,17)(H2,14,18,19);1H. The molecule has 2 rings (SSSR count). The first-order chi connectivity index (χ1) is 9.95. The molecule has 6 nitrogen and oxygen atoms in total. The Morgan fingerprint density at radius 1 is 1.45 bits per heavy atom. The summed E-state index contributed by atoms with van der Waals surface area (Å²) in [6, 6.07) is 6.48. The number of sulfonamides is 1. The van der Waals surface area contributed by atoms with Crippen molar-refractivity contribution in [3.8, 4) is 0 Å². The van der Waals surface area contributed by atoms with Gasteiger partial charge in [0.2, 0.25) is 15.9 Å². The molecule has 0 spiro atoms. The summed E-state index contributed by atoms with van der Waals surface area (Å²) in [5, 5.41) is 11.2. The van der Waals surface area contributed by atoms with E-state index in [0.717, 1.165) is 18.1 Å². The minimum atomic E-state index is -3.71. The molecule has 4 N–H and O–H groups in total. The summed E-state index contributed by atoms with van der Waals surface area (Å²) in [4.78, 5) is 11.9. The molecule has 0 bridgehead atoms. The number of hydrogen-bond acceptors (Lipinski definition) is 5. The molecule has 9 heteroatoms. The van der Waals surface area contributed by atoms with Gasteiger partial charge in [-0.2, -0.15) is 11.8 Å². The lowest BCUT2D eigenvalue weighted by Gasteiger charge is -2.22. The highest BCUT2D eigenvalue weighted by Crippen LogP contribution is 2.11. The van der Waals surface area contributed by atoms with Crippen molar-refractivity contribution >= 4 is 40.1 Å². The molecular weight excluding hydrogens is 346 g/mol. The lowest BCUT2D eigenvalue weighted by Crippen LogP contribution is -2.41. The number of rotatable bonds is 5. The molecule has 1 unspecified atom stereocenters. The lowest BCUT2D eigenvalue weighted by molar-refractivity contribution is -0.121. The highest BCUT2D eigenvalue weighted by Gasteiger charge is 2.16. The highest BCUT2D eigenvalue weighted by molar-refractivity contribution is 7.99. The summed E-state index contributed by atoms with van der Waals surface area (Å²) in [5.74, 6) is 1.98. The van der Waals surface area contributed by atoms with Crippen LogP contribution in [0.3, 0.4) is 0 Å². The van der Waals surface area contributed by atoms with Crippen LogP contribution < -0.4 is 15.8 Å². The van der Waals surface area contributed by atoms with Gasteiger partial charge in [-0.25, -0.2) is 13.6 Å². The monoisotopic (exact) mass is 365 g/mol. The number of benzene rings is 1. The number of primary sulfonamides is 1. The summed E-state index contributed by atoms with van der Waals surface area (Å²) in [5.41, 5.74) is 0.709. The molecule has 1 aromatic rings. The second-order valence-electron chi connectivity index (χ2n) is 4.90. The predicted octanol–water partition coefficient (Wildman–Crippen LogP) is 0.467. The smallest absolute Gasteiger partial charge is 0.238 e. The molecule has 124 valence electrons. The van der Waals surface area contributed by atoms with Crippen LogP contribution in [0.25, 0.3) is 0 Å². The Bertz CT molecular complexity index is 604. The minimum Gasteiger partial charge on any atom is -0.352 e. The normalized spacial score (nSPS) is 18.3. The van der Waals surface area contributed by atoms with Gasteiger partial charge in [0.25, 0.3) is 0 Å². The number of halogens is 1. The van der Waals surface area contributed by atoms with Crippen molar-refractivity contribution in [2.45, 2.75) is 23.9 Å². The predicted molar refractivity (Wildman–Crippen MR) is 90.6 cm³/mol. The number of thioether (sulfide) groups is 1. The van der Waals surface area contributed by atoms with Crippen molar-refractivity contribution in [1.82, 2.24) is 10.6 Å². The Labute approximate surface area is 141 Å². The first kappa shape index (κ1) is 19.2. The van der Waals surface area contributed by atoms with Crippen molar-refractivity contribution in [3.63, 3.8) is 0 Å². The number of amides is 1. The van der Waals surface area contributed by atoms with E-state index >= 15 is 0 Å². The van der Waals surface area contributed by atoms with Crippen molar-refractivity contribution in [3.05, 3.63) is 29.8 Å². The fourth-order valence-corrected chi connectivity index (χ4v) is 3.61. The zero-order valence-electron chi connectivity index (χ0n) is 11.9. The lowest BCUT2D eigenvalue weighted by atomic mass is 10.2. The molecule has 0 aliphatic carbocycles. The molecule has 1 aliphatic heterocycles. The van der Waals surface area contributed by atoms with Crippen molar-refractivity contribution in [1.29, 1.82) is 0 Å². The zero-order valence-corrected chi connectivity index (χ0v) is 14.4. The molecular formula is C13H20ClN3O3S2. The first-order valence-electron chi connectivity index (χ1n) is 6.65. The third kappa shape index (κ3) is 6.13. The van der Waals surface area contributed by atoms with Crippen LogP contribution in [0.4, 0.5) is 0 Å². The fourth-order valence-electron chi connectivity index (χ4n) is 2.08. The van der Waals surface area contributed by atoms with Crippen LogP contribution in [-0.2, 0) is 21.4 Å². The summed E-state index contributed by atoms with van der Waals surface area (Å²) in [6.45, 7) is 1.22. The van der Waals surface area contributed by atoms with E-state index in [2.05, 4.69) is 10.6 Å². The van der Waals surface area contributed by atoms with E-state index in [1.54, 1.807) is 12.1 Å². The number of nitrogens with two attached hydrogens (primary N) is 1. The van der Waals surface area contributed by atoms with Crippen molar-refractivity contribution < 1.29 is 13.2 Å². The number of nitrogens with one attached hydrogen (secondary N) is 2. The molecule has 0 saturated carbocycles. The largest absolute Gasteiger partial charge is 0.352 e. The number of hydrogen-bond donors (Lipinski definition) is 3. The SMILES string of the molecule is Cl.NS(=O)(=O)c1cccc(CNC(=O)CC2CSCCN2)c1. The van der Waals surface area contributed by atoms with Crippen LogP contribution in [0.15, 0.2) is 29.2 Å². The molecule has 0 radical (unpaired) electrons. The van der Waals surface area contributed by atoms with Crippen LogP contribution in [0, 0.1) is 0 Å². The van der Waals surface area contributed by atoms with E-state index in [9.17, 15) is 13.2 Å². The summed E-state index contributed by atoms with van der Waals surface area (Å²) in [7, 11) is -3.71. The molecule has 1 aliphatic rings. The van der Waals surface area contributed by atoms with Crippen LogP contribution in [0.5, 0.6) is 0 Å². The van der Waals surface area contributed by atoms with E-state index in [4.69, 9.17) is 5.14 Å². The van der Waals surface area contributed by atoms with Crippen molar-refractivity contribution in [2.75, 3.05) is 18.1 Å². The minimum absolute atomic E-state index is 0. The van der Waals surface area contributed by atoms with E-state index in [-0.39, 0.29) is 29.3 Å². The molecule has 1 saturated heterocycles. The van der Waals surface area contributed by atoms with Gasteiger partial charge in [-0.3, -0.25) is 4.79 Å². The van der Waals surface area contributed by atoms with Gasteiger partial charge in [0.05, 0.1) is 4.90 Å². The number of carbonyl (C=O) groups excluding carboxylic acids is 1. The first-order valence-corrected chi connectivity index (χ1v) is 9.35. The molecule has 1 aromatic carbocycles. The Hall–Kier alpha value is -0.800. The van der Waals surface area contributed by atoms with Crippen LogP contribution >= 0.6 is 24.2 Å². The molecule has 0 aromatic heterocycles. The van der Waals surface area contributed by atoms with Crippen LogP contribution in [0.1, 0.15) is 12.0 Å². The second kappa shape index (κ2) is 8.73. The third-order valence-electron chi connectivity index (χ3n) is 3.15. The molecule has 1 fully saturated rings. The highest BCUT2D eigenvalue weighted by atomic mass is 35.5. The Kier molecular flexibility index (Phi) is 7.64. The topological polar surface area (TPSA) is 101 Å². The van der Waals surface area contributed by atoms with Crippen LogP contribution in [-0.4, -0.2) is 38.4 Å². The summed E-state index contributed by atoms with van der Waals surface area (Å²) in [6.07, 6.45) is 0.432. The van der Waals surface area contributed by atoms with Gasteiger partial charge in [0, 0.05) is 37.1 Å². The number of carbonyl (C=O) groups is 1. The summed E-state index contributed by atoms with van der Waals surface area (Å²) < 4.78 is 22.5. The van der Waals surface area contributed by atoms with Gasteiger partial charge in [-0.15, -0.1) is 12.4 Å². The summed E-state index contributed by atoms with van der Waals surface area (Å²) >= 11 is 1.84. The van der Waals surface area contributed by atoms with Gasteiger partial charge in [0.1, 0.15) is 0 Å². The Morgan fingerprint density at radius 3 is 2.86 bits per heavy atom. The zero-order chi connectivity index (χ0) is 15.3. The van der Waals surface area contributed by atoms with E-state index in [1.165, 1.54) is 12.1 Å². The average Bonchev–Trinajstić information content (AvgIpc) is 2.46. The molecule has 1 amide bonds. The third-order valence-corrected chi connectivity index (χ3v) is 5.19. The van der Waals surface area contributed by atoms with Gasteiger partial charge >= 0.3 is 0 Å². The van der Waals surface area contributed by atoms with Gasteiger partial charge in [-0.1, -0.05) is 12.1 Å². The Morgan fingerprint density at radius 2 is 2.23 bits per heavy atom. The molecule has 1 heterocycles. The molecule has 1 atom stereocenters. The van der Waals surface area contributed by atoms with E-state index in [0.29, 0.717) is 18.5 Å². The van der Waals surface area contributed by atoms with E-state index < -0.39 is 10.0 Å². The van der Waals surface area contributed by atoms with Crippen LogP contribution in [0.2, 0.25) is 0 Å². The quantitative estimate of drug-likeness (QED) is 0.704.